The number of ether oxygens (including phenoxy) is 1. The number of imidazole rings is 1. The number of H-pyrrole nitrogens is 1. The van der Waals surface area contributed by atoms with Crippen molar-refractivity contribution >= 4 is 57.1 Å². The van der Waals surface area contributed by atoms with Gasteiger partial charge in [0.1, 0.15) is 24.0 Å². The molecule has 1 aliphatic carbocycles. The van der Waals surface area contributed by atoms with Gasteiger partial charge in [-0.05, 0) is 106 Å². The number of aromatic nitrogens is 7. The number of carbonyl (C=O) groups excluding carboxylic acids is 1. The number of fused-ring (bicyclic) bond motifs is 12. The van der Waals surface area contributed by atoms with Crippen LogP contribution in [0.4, 0.5) is 4.39 Å². The van der Waals surface area contributed by atoms with Gasteiger partial charge in [-0.25, -0.2) is 18.5 Å². The molecule has 1 amide bonds. The van der Waals surface area contributed by atoms with Crippen LogP contribution < -0.4 is 16.8 Å². The average Bonchev–Trinajstić information content (AvgIpc) is 3.74. The van der Waals surface area contributed by atoms with Gasteiger partial charge in [-0.1, -0.05) is 24.2 Å². The molecule has 0 unspecified atom stereocenters. The van der Waals surface area contributed by atoms with Crippen LogP contribution in [0.15, 0.2) is 85.5 Å². The predicted octanol–water partition coefficient (Wildman–Crippen LogP) is 6.83. The Morgan fingerprint density at radius 2 is 1.77 bits per heavy atom. The molecule has 1 saturated carbocycles. The third-order valence-electron chi connectivity index (χ3n) is 13.4. The SMILES string of the molecule is Cc1cc2cc(oc3c(P(C)(C)=O)cccc3n3ccn(c3=O)c3c4c(nn23)CCN(C(=O)c2cc3cc(C5CCOCC5)ccc3n2[C@@]2(c3noc(=O)[nH]3)C[C@@H]2C)[C@H]4C)c1F. The molecule has 0 radical (unpaired) electrons. The summed E-state index contributed by atoms with van der Waals surface area (Å²) in [5, 5.41) is 10.5. The first-order valence-electron chi connectivity index (χ1n) is 20.9. The minimum atomic E-state index is -2.99. The van der Waals surface area contributed by atoms with Crippen molar-refractivity contribution < 1.29 is 27.4 Å². The Morgan fingerprint density at radius 1 is 1.00 bits per heavy atom. The van der Waals surface area contributed by atoms with Gasteiger partial charge in [-0.2, -0.15) is 5.10 Å². The second kappa shape index (κ2) is 13.6. The molecule has 17 heteroatoms. The van der Waals surface area contributed by atoms with E-state index in [-0.39, 0.29) is 28.6 Å². The first-order valence-corrected chi connectivity index (χ1v) is 23.5. The van der Waals surface area contributed by atoms with Gasteiger partial charge in [0, 0.05) is 61.1 Å². The van der Waals surface area contributed by atoms with Crippen molar-refractivity contribution in [2.45, 2.75) is 64.0 Å². The number of aryl methyl sites for hydroxylation is 1. The zero-order chi connectivity index (χ0) is 43.0. The molecule has 318 valence electrons. The molecule has 2 fully saturated rings. The highest BCUT2D eigenvalue weighted by Gasteiger charge is 2.59. The Labute approximate surface area is 352 Å². The monoisotopic (exact) mass is 858 g/mol. The van der Waals surface area contributed by atoms with Crippen LogP contribution in [0, 0.1) is 18.7 Å². The smallest absolute Gasteiger partial charge is 0.438 e. The van der Waals surface area contributed by atoms with Gasteiger partial charge >= 0.3 is 11.4 Å². The number of hydrogen-bond acceptors (Lipinski definition) is 9. The van der Waals surface area contributed by atoms with E-state index in [9.17, 15) is 14.2 Å². The van der Waals surface area contributed by atoms with E-state index in [4.69, 9.17) is 18.8 Å². The van der Waals surface area contributed by atoms with Crippen LogP contribution in [-0.2, 0) is 21.3 Å². The van der Waals surface area contributed by atoms with Gasteiger partial charge in [0.05, 0.1) is 28.1 Å². The Balaban J connectivity index is 1.13. The minimum Gasteiger partial charge on any atom is -0.451 e. The van der Waals surface area contributed by atoms with Crippen molar-refractivity contribution in [2.75, 3.05) is 33.1 Å². The lowest BCUT2D eigenvalue weighted by Crippen LogP contribution is -2.41. The van der Waals surface area contributed by atoms with Gasteiger partial charge < -0.3 is 23.2 Å². The Hall–Kier alpha value is -6.25. The molecular weight excluding hydrogens is 815 g/mol. The lowest BCUT2D eigenvalue weighted by atomic mass is 9.91. The largest absolute Gasteiger partial charge is 0.451 e. The molecule has 3 aromatic carbocycles. The third-order valence-corrected chi connectivity index (χ3v) is 15.0. The number of para-hydroxylation sites is 1. The molecule has 5 aromatic heterocycles. The maximum Gasteiger partial charge on any atom is 0.438 e. The van der Waals surface area contributed by atoms with Gasteiger partial charge in [-0.3, -0.25) is 23.1 Å². The quantitative estimate of drug-likeness (QED) is 0.183. The Kier molecular flexibility index (Phi) is 8.49. The number of benzene rings is 3. The number of carbonyl (C=O) groups is 1. The molecule has 0 spiro atoms. The lowest BCUT2D eigenvalue weighted by molar-refractivity contribution is 0.0664. The first-order chi connectivity index (χ1) is 29.7. The summed E-state index contributed by atoms with van der Waals surface area (Å²) in [6, 6.07) is 15.9. The van der Waals surface area contributed by atoms with Crippen LogP contribution in [-0.4, -0.2) is 77.0 Å². The number of hydrogen-bond donors (Lipinski definition) is 1. The van der Waals surface area contributed by atoms with Crippen LogP contribution in [0.1, 0.15) is 83.8 Å². The summed E-state index contributed by atoms with van der Waals surface area (Å²) in [6.07, 6.45) is 6.05. The second-order valence-electron chi connectivity index (χ2n) is 17.5. The molecule has 15 nitrogen and oxygen atoms in total. The highest BCUT2D eigenvalue weighted by atomic mass is 31.2. The van der Waals surface area contributed by atoms with E-state index >= 15 is 9.18 Å². The van der Waals surface area contributed by atoms with Gasteiger partial charge in [-0.15, -0.1) is 0 Å². The molecular formula is C45H44FN8O7P. The summed E-state index contributed by atoms with van der Waals surface area (Å²) in [5.41, 5.74) is 3.94. The molecule has 11 rings (SSSR count). The van der Waals surface area contributed by atoms with Crippen molar-refractivity contribution in [3.63, 3.8) is 0 Å². The lowest BCUT2D eigenvalue weighted by Gasteiger charge is -2.34. The Bertz CT molecular complexity index is 3450. The van der Waals surface area contributed by atoms with E-state index in [2.05, 4.69) is 35.3 Å². The molecule has 7 heterocycles. The molecule has 3 aliphatic rings. The predicted molar refractivity (Wildman–Crippen MR) is 230 cm³/mol. The van der Waals surface area contributed by atoms with E-state index in [0.717, 1.165) is 23.7 Å². The fourth-order valence-corrected chi connectivity index (χ4v) is 11.2. The second-order valence-corrected chi connectivity index (χ2v) is 20.7. The van der Waals surface area contributed by atoms with E-state index in [0.29, 0.717) is 83.3 Å². The van der Waals surface area contributed by atoms with Gasteiger partial charge in [0.25, 0.3) is 5.91 Å². The topological polar surface area (TPSA) is 167 Å². The number of aromatic amines is 1. The maximum atomic E-state index is 16.1. The average molecular weight is 859 g/mol. The summed E-state index contributed by atoms with van der Waals surface area (Å²) in [4.78, 5) is 47.1. The summed E-state index contributed by atoms with van der Waals surface area (Å²) in [6.45, 7) is 10.5. The van der Waals surface area contributed by atoms with Crippen molar-refractivity contribution in [3.05, 3.63) is 128 Å². The first kappa shape index (κ1) is 38.7. The van der Waals surface area contributed by atoms with E-state index in [1.807, 2.05) is 17.6 Å². The Morgan fingerprint density at radius 3 is 2.50 bits per heavy atom. The standard InChI is InChI=1S/C45H44FN8O7P/c1-24-19-30-22-35(38(24)46)60-39-33(7-6-8-36(39)62(4,5)58)51-15-16-52(44(51)57)40-37-26(3)50(14-11-31(37)48-54(30)40)41(55)34-21-29-20-28(27-12-17-59-18-13-27)9-10-32(29)53(34)45(23-25(45)2)42-47-43(56)61-49-42/h6-10,15-16,19-22,25-27H,11-14,17-18,23H2,1-5H3,(H,47,49,56)/t25-,26-,45-/m0/s1. The zero-order valence-corrected chi connectivity index (χ0v) is 35.7. The normalized spacial score (nSPS) is 20.8. The number of amides is 1. The van der Waals surface area contributed by atoms with Crippen LogP contribution in [0.3, 0.4) is 0 Å². The molecule has 2 aliphatic heterocycles. The molecule has 62 heavy (non-hydrogen) atoms. The van der Waals surface area contributed by atoms with Gasteiger partial charge in [0.2, 0.25) is 0 Å². The number of halogens is 1. The molecule has 1 saturated heterocycles. The highest BCUT2D eigenvalue weighted by Crippen LogP contribution is 2.56. The molecule has 3 atom stereocenters. The fraction of sp³-hybridized carbons (Fsp3) is 0.356. The molecule has 8 aromatic rings. The number of nitrogens with one attached hydrogen (secondary N) is 1. The molecule has 1 N–H and O–H groups in total. The summed E-state index contributed by atoms with van der Waals surface area (Å²) >= 11 is 0. The van der Waals surface area contributed by atoms with Crippen molar-refractivity contribution in [1.29, 1.82) is 0 Å². The third kappa shape index (κ3) is 5.65. The zero-order valence-electron chi connectivity index (χ0n) is 34.8. The van der Waals surface area contributed by atoms with Gasteiger partial charge in [0.15, 0.2) is 22.8 Å². The highest BCUT2D eigenvalue weighted by molar-refractivity contribution is 7.70. The summed E-state index contributed by atoms with van der Waals surface area (Å²) in [5.74, 6) is -0.796. The molecule has 4 bridgehead atoms. The van der Waals surface area contributed by atoms with Crippen molar-refractivity contribution in [3.8, 4) is 0 Å². The van der Waals surface area contributed by atoms with Crippen molar-refractivity contribution in [2.24, 2.45) is 5.92 Å². The number of rotatable bonds is 5. The van der Waals surface area contributed by atoms with Crippen LogP contribution in [0.5, 0.6) is 0 Å². The van der Waals surface area contributed by atoms with E-state index in [1.54, 1.807) is 66.3 Å². The maximum absolute atomic E-state index is 16.1. The van der Waals surface area contributed by atoms with Crippen LogP contribution in [0.25, 0.3) is 38.7 Å². The fourth-order valence-electron chi connectivity index (χ4n) is 10.1. The summed E-state index contributed by atoms with van der Waals surface area (Å²) in [7, 11) is -2.99. The van der Waals surface area contributed by atoms with E-state index in [1.165, 1.54) is 20.4 Å². The van der Waals surface area contributed by atoms with Crippen molar-refractivity contribution in [1.82, 2.24) is 38.0 Å². The van der Waals surface area contributed by atoms with Crippen LogP contribution in [0.2, 0.25) is 0 Å². The summed E-state index contributed by atoms with van der Waals surface area (Å²) < 4.78 is 53.3. The minimum absolute atomic E-state index is 0.0187. The van der Waals surface area contributed by atoms with Crippen LogP contribution >= 0.6 is 7.14 Å². The van der Waals surface area contributed by atoms with E-state index < -0.39 is 36.0 Å². The number of nitrogens with zero attached hydrogens (tertiary/aromatic N) is 7.